The fourth-order valence-corrected chi connectivity index (χ4v) is 3.62. The number of nitrogens with zero attached hydrogens (tertiary/aromatic N) is 3. The van der Waals surface area contributed by atoms with Crippen LogP contribution in [0.4, 0.5) is 10.5 Å². The Bertz CT molecular complexity index is 948. The lowest BCUT2D eigenvalue weighted by Crippen LogP contribution is -2.34. The van der Waals surface area contributed by atoms with E-state index in [0.29, 0.717) is 13.2 Å². The maximum Gasteiger partial charge on any atom is 0.322 e. The number of rotatable bonds is 5. The van der Waals surface area contributed by atoms with Crippen molar-refractivity contribution in [3.63, 3.8) is 0 Å². The SMILES string of the molecule is CCOc1ccc(NC(=O)N2CCCC2c2cc(C)on2)cc1-n1cccc1. The monoisotopic (exact) mass is 380 g/mol. The van der Waals surface area contributed by atoms with Gasteiger partial charge in [0, 0.05) is 30.7 Å². The van der Waals surface area contributed by atoms with E-state index in [4.69, 9.17) is 9.26 Å². The molecule has 4 rings (SSSR count). The zero-order valence-corrected chi connectivity index (χ0v) is 16.1. The first-order chi connectivity index (χ1) is 13.7. The normalized spacial score (nSPS) is 16.4. The van der Waals surface area contributed by atoms with Crippen LogP contribution in [0.5, 0.6) is 5.75 Å². The van der Waals surface area contributed by atoms with Crippen LogP contribution in [0.3, 0.4) is 0 Å². The fourth-order valence-electron chi connectivity index (χ4n) is 3.62. The average Bonchev–Trinajstić information content (AvgIpc) is 3.44. The molecule has 3 aromatic rings. The highest BCUT2D eigenvalue weighted by Gasteiger charge is 2.32. The first-order valence-corrected chi connectivity index (χ1v) is 9.56. The van der Waals surface area contributed by atoms with Gasteiger partial charge in [0.25, 0.3) is 0 Å². The number of aryl methyl sites for hydroxylation is 1. The highest BCUT2D eigenvalue weighted by molar-refractivity contribution is 5.90. The Morgan fingerprint density at radius 2 is 2.14 bits per heavy atom. The summed E-state index contributed by atoms with van der Waals surface area (Å²) in [6.45, 7) is 5.09. The first kappa shape index (κ1) is 18.2. The molecule has 1 aliphatic rings. The van der Waals surface area contributed by atoms with Crippen molar-refractivity contribution >= 4 is 11.7 Å². The van der Waals surface area contributed by atoms with Gasteiger partial charge in [-0.1, -0.05) is 5.16 Å². The number of benzene rings is 1. The lowest BCUT2D eigenvalue weighted by atomic mass is 10.1. The summed E-state index contributed by atoms with van der Waals surface area (Å²) in [5.41, 5.74) is 2.42. The molecule has 1 unspecified atom stereocenters. The molecular formula is C21H24N4O3. The third-order valence-electron chi connectivity index (χ3n) is 4.89. The van der Waals surface area contributed by atoms with E-state index in [2.05, 4.69) is 10.5 Å². The highest BCUT2D eigenvalue weighted by atomic mass is 16.5. The van der Waals surface area contributed by atoms with Crippen LogP contribution < -0.4 is 10.1 Å². The van der Waals surface area contributed by atoms with Gasteiger partial charge in [0.15, 0.2) is 0 Å². The summed E-state index contributed by atoms with van der Waals surface area (Å²) in [6, 6.07) is 11.3. The molecule has 1 saturated heterocycles. The van der Waals surface area contributed by atoms with Gasteiger partial charge in [0.1, 0.15) is 17.2 Å². The van der Waals surface area contributed by atoms with Gasteiger partial charge in [-0.2, -0.15) is 0 Å². The van der Waals surface area contributed by atoms with Crippen molar-refractivity contribution in [3.8, 4) is 11.4 Å². The Kier molecular flexibility index (Phi) is 5.06. The molecule has 0 spiro atoms. The molecule has 1 atom stereocenters. The summed E-state index contributed by atoms with van der Waals surface area (Å²) in [5.74, 6) is 1.53. The standard InChI is InChI=1S/C21H24N4O3/c1-3-27-20-9-8-16(14-19(20)24-10-4-5-11-24)22-21(26)25-12-6-7-18(25)17-13-15(2)28-23-17/h4-5,8-11,13-14,18H,3,6-7,12H2,1-2H3,(H,22,26). The van der Waals surface area contributed by atoms with Crippen LogP contribution in [0.1, 0.15) is 37.3 Å². The Balaban J connectivity index is 1.55. The molecule has 0 bridgehead atoms. The fraction of sp³-hybridized carbons (Fsp3) is 0.333. The summed E-state index contributed by atoms with van der Waals surface area (Å²) in [6.07, 6.45) is 5.74. The van der Waals surface area contributed by atoms with Crippen LogP contribution in [-0.4, -0.2) is 33.8 Å². The van der Waals surface area contributed by atoms with Gasteiger partial charge in [-0.3, -0.25) is 0 Å². The number of hydrogen-bond acceptors (Lipinski definition) is 4. The van der Waals surface area contributed by atoms with Crippen LogP contribution in [0, 0.1) is 6.92 Å². The molecule has 0 radical (unpaired) electrons. The summed E-state index contributed by atoms with van der Waals surface area (Å²) >= 11 is 0. The van der Waals surface area contributed by atoms with Crippen LogP contribution >= 0.6 is 0 Å². The Hall–Kier alpha value is -3.22. The molecule has 146 valence electrons. The average molecular weight is 380 g/mol. The van der Waals surface area contributed by atoms with Crippen molar-refractivity contribution in [2.45, 2.75) is 32.7 Å². The van der Waals surface area contributed by atoms with Crippen LogP contribution in [0.25, 0.3) is 5.69 Å². The van der Waals surface area contributed by atoms with Crippen molar-refractivity contribution in [2.24, 2.45) is 0 Å². The maximum atomic E-state index is 12.9. The number of anilines is 1. The third-order valence-corrected chi connectivity index (χ3v) is 4.89. The van der Waals surface area contributed by atoms with Crippen molar-refractivity contribution < 1.29 is 14.1 Å². The number of amides is 2. The molecule has 1 fully saturated rings. The third kappa shape index (κ3) is 3.60. The minimum absolute atomic E-state index is 0.0518. The molecule has 1 N–H and O–H groups in total. The Labute approximate surface area is 163 Å². The van der Waals surface area contributed by atoms with Crippen molar-refractivity contribution in [1.29, 1.82) is 0 Å². The quantitative estimate of drug-likeness (QED) is 0.705. The molecule has 2 aromatic heterocycles. The zero-order chi connectivity index (χ0) is 19.5. The van der Waals surface area contributed by atoms with Crippen molar-refractivity contribution in [1.82, 2.24) is 14.6 Å². The number of urea groups is 1. The molecule has 28 heavy (non-hydrogen) atoms. The predicted molar refractivity (Wildman–Crippen MR) is 106 cm³/mol. The number of hydrogen-bond donors (Lipinski definition) is 1. The van der Waals surface area contributed by atoms with E-state index < -0.39 is 0 Å². The van der Waals surface area contributed by atoms with Gasteiger partial charge < -0.3 is 24.0 Å². The largest absolute Gasteiger partial charge is 0.492 e. The number of nitrogens with one attached hydrogen (secondary N) is 1. The molecular weight excluding hydrogens is 356 g/mol. The molecule has 2 amide bonds. The van der Waals surface area contributed by atoms with E-state index >= 15 is 0 Å². The van der Waals surface area contributed by atoms with E-state index in [1.165, 1.54) is 0 Å². The van der Waals surface area contributed by atoms with Gasteiger partial charge in [-0.25, -0.2) is 4.79 Å². The summed E-state index contributed by atoms with van der Waals surface area (Å²) in [7, 11) is 0. The molecule has 1 aliphatic heterocycles. The second-order valence-electron chi connectivity index (χ2n) is 6.85. The smallest absolute Gasteiger partial charge is 0.322 e. The highest BCUT2D eigenvalue weighted by Crippen LogP contribution is 2.33. The van der Waals surface area contributed by atoms with Crippen molar-refractivity contribution in [3.05, 3.63) is 60.2 Å². The molecule has 7 nitrogen and oxygen atoms in total. The van der Waals surface area contributed by atoms with Gasteiger partial charge in [-0.15, -0.1) is 0 Å². The first-order valence-electron chi connectivity index (χ1n) is 9.56. The van der Waals surface area contributed by atoms with Gasteiger partial charge in [-0.05, 0) is 57.0 Å². The number of likely N-dealkylation sites (tertiary alicyclic amines) is 1. The molecule has 0 aliphatic carbocycles. The van der Waals surface area contributed by atoms with Crippen LogP contribution in [0.15, 0.2) is 53.3 Å². The number of ether oxygens (including phenoxy) is 1. The lowest BCUT2D eigenvalue weighted by molar-refractivity contribution is 0.204. The van der Waals surface area contributed by atoms with Crippen molar-refractivity contribution in [2.75, 3.05) is 18.5 Å². The molecule has 1 aromatic carbocycles. The second kappa shape index (κ2) is 7.80. The van der Waals surface area contributed by atoms with Gasteiger partial charge in [0.05, 0.1) is 18.3 Å². The summed E-state index contributed by atoms with van der Waals surface area (Å²) in [5, 5.41) is 7.12. The topological polar surface area (TPSA) is 72.5 Å². The predicted octanol–water partition coefficient (Wildman–Crippen LogP) is 4.54. The molecule has 0 saturated carbocycles. The number of carbonyl (C=O) groups is 1. The van der Waals surface area contributed by atoms with Crippen LogP contribution in [-0.2, 0) is 0 Å². The van der Waals surface area contributed by atoms with Crippen LogP contribution in [0.2, 0.25) is 0 Å². The summed E-state index contributed by atoms with van der Waals surface area (Å²) < 4.78 is 12.9. The Morgan fingerprint density at radius 1 is 1.32 bits per heavy atom. The number of carbonyl (C=O) groups excluding carboxylic acids is 1. The van der Waals surface area contributed by atoms with E-state index in [1.54, 1.807) is 0 Å². The van der Waals surface area contributed by atoms with E-state index in [1.807, 2.05) is 72.1 Å². The minimum Gasteiger partial charge on any atom is -0.492 e. The zero-order valence-electron chi connectivity index (χ0n) is 16.1. The van der Waals surface area contributed by atoms with Gasteiger partial charge in [0.2, 0.25) is 0 Å². The van der Waals surface area contributed by atoms with Gasteiger partial charge >= 0.3 is 6.03 Å². The van der Waals surface area contributed by atoms with E-state index in [0.717, 1.165) is 41.4 Å². The summed E-state index contributed by atoms with van der Waals surface area (Å²) in [4.78, 5) is 14.8. The second-order valence-corrected chi connectivity index (χ2v) is 6.85. The number of aromatic nitrogens is 2. The molecule has 7 heteroatoms. The Morgan fingerprint density at radius 3 is 2.86 bits per heavy atom. The lowest BCUT2D eigenvalue weighted by Gasteiger charge is -2.23. The van der Waals surface area contributed by atoms with E-state index in [9.17, 15) is 4.79 Å². The van der Waals surface area contributed by atoms with E-state index in [-0.39, 0.29) is 12.1 Å². The maximum absolute atomic E-state index is 12.9. The minimum atomic E-state index is -0.134. The molecule has 3 heterocycles.